The lowest BCUT2D eigenvalue weighted by Crippen LogP contribution is -2.28. The maximum atomic E-state index is 13.3. The van der Waals surface area contributed by atoms with Gasteiger partial charge in [0.2, 0.25) is 16.0 Å². The van der Waals surface area contributed by atoms with Gasteiger partial charge < -0.3 is 5.32 Å². The highest BCUT2D eigenvalue weighted by molar-refractivity contribution is 7.92. The van der Waals surface area contributed by atoms with Crippen LogP contribution in [0.2, 0.25) is 0 Å². The minimum absolute atomic E-state index is 0.0892. The molecule has 1 aliphatic heterocycles. The van der Waals surface area contributed by atoms with E-state index in [1.807, 2.05) is 13.8 Å². The van der Waals surface area contributed by atoms with Gasteiger partial charge in [-0.1, -0.05) is 13.8 Å². The van der Waals surface area contributed by atoms with Gasteiger partial charge in [-0.2, -0.15) is 0 Å². The third-order valence-corrected chi connectivity index (χ3v) is 5.32. The summed E-state index contributed by atoms with van der Waals surface area (Å²) in [5.74, 6) is -0.123. The molecular formula is C17H21FN4O2S. The molecule has 1 aliphatic rings. The molecule has 0 bridgehead atoms. The summed E-state index contributed by atoms with van der Waals surface area (Å²) in [5.41, 5.74) is 3.12. The van der Waals surface area contributed by atoms with E-state index in [4.69, 9.17) is 0 Å². The van der Waals surface area contributed by atoms with Crippen LogP contribution in [0.3, 0.4) is 0 Å². The number of hydrogen-bond acceptors (Lipinski definition) is 5. The Morgan fingerprint density at radius 3 is 2.32 bits per heavy atom. The highest BCUT2D eigenvalue weighted by Crippen LogP contribution is 2.37. The SMILES string of the molecule is CC(C)c1nc(N(C)S(C)(=O)=O)nc(-c2ccc(F)cc2)c1C1CN1. The van der Waals surface area contributed by atoms with Crippen LogP contribution in [0.4, 0.5) is 10.3 Å². The number of halogens is 1. The summed E-state index contributed by atoms with van der Waals surface area (Å²) < 4.78 is 38.2. The van der Waals surface area contributed by atoms with Crippen molar-refractivity contribution in [2.45, 2.75) is 25.8 Å². The quantitative estimate of drug-likeness (QED) is 0.824. The van der Waals surface area contributed by atoms with E-state index in [9.17, 15) is 12.8 Å². The fraction of sp³-hybridized carbons (Fsp3) is 0.412. The molecule has 2 heterocycles. The van der Waals surface area contributed by atoms with E-state index in [1.165, 1.54) is 19.2 Å². The first kappa shape index (κ1) is 17.8. The average molecular weight is 364 g/mol. The Morgan fingerprint density at radius 2 is 1.84 bits per heavy atom. The topological polar surface area (TPSA) is 85.1 Å². The Hall–Kier alpha value is -2.06. The Labute approximate surface area is 147 Å². The number of nitrogens with zero attached hydrogens (tertiary/aromatic N) is 3. The summed E-state index contributed by atoms with van der Waals surface area (Å²) in [6, 6.07) is 6.18. The maximum absolute atomic E-state index is 13.3. The van der Waals surface area contributed by atoms with Crippen LogP contribution in [0.1, 0.15) is 37.1 Å². The van der Waals surface area contributed by atoms with Crippen LogP contribution in [0.5, 0.6) is 0 Å². The van der Waals surface area contributed by atoms with E-state index in [1.54, 1.807) is 12.1 Å². The van der Waals surface area contributed by atoms with Gasteiger partial charge in [-0.15, -0.1) is 0 Å². The molecule has 1 saturated heterocycles. The van der Waals surface area contributed by atoms with E-state index in [0.29, 0.717) is 5.69 Å². The Bertz CT molecular complexity index is 894. The number of benzene rings is 1. The van der Waals surface area contributed by atoms with E-state index in [2.05, 4.69) is 15.3 Å². The van der Waals surface area contributed by atoms with Gasteiger partial charge in [-0.25, -0.2) is 27.1 Å². The molecule has 1 N–H and O–H groups in total. The number of aromatic nitrogens is 2. The predicted octanol–water partition coefficient (Wildman–Crippen LogP) is 2.45. The average Bonchev–Trinajstić information content (AvgIpc) is 3.37. The second-order valence-corrected chi connectivity index (χ2v) is 8.54. The van der Waals surface area contributed by atoms with Gasteiger partial charge in [0.1, 0.15) is 5.82 Å². The second kappa shape index (κ2) is 6.34. The van der Waals surface area contributed by atoms with Crippen molar-refractivity contribution in [2.75, 3.05) is 24.2 Å². The minimum Gasteiger partial charge on any atom is -0.307 e. The Morgan fingerprint density at radius 1 is 1.24 bits per heavy atom. The van der Waals surface area contributed by atoms with Gasteiger partial charge in [0.15, 0.2) is 0 Å². The van der Waals surface area contributed by atoms with Gasteiger partial charge in [-0.3, -0.25) is 0 Å². The van der Waals surface area contributed by atoms with E-state index in [0.717, 1.165) is 33.9 Å². The van der Waals surface area contributed by atoms with E-state index >= 15 is 0 Å². The monoisotopic (exact) mass is 364 g/mol. The summed E-state index contributed by atoms with van der Waals surface area (Å²) >= 11 is 0. The first-order chi connectivity index (χ1) is 11.7. The van der Waals surface area contributed by atoms with E-state index in [-0.39, 0.29) is 23.7 Å². The summed E-state index contributed by atoms with van der Waals surface area (Å²) in [4.78, 5) is 9.04. The lowest BCUT2D eigenvalue weighted by Gasteiger charge is -2.21. The van der Waals surface area contributed by atoms with Crippen LogP contribution in [-0.4, -0.2) is 38.2 Å². The zero-order valence-corrected chi connectivity index (χ0v) is 15.4. The van der Waals surface area contributed by atoms with Gasteiger partial charge in [0.25, 0.3) is 0 Å². The Kier molecular flexibility index (Phi) is 4.51. The van der Waals surface area contributed by atoms with Crippen LogP contribution in [0, 0.1) is 5.82 Å². The molecule has 1 fully saturated rings. The molecule has 1 unspecified atom stereocenters. The molecular weight excluding hydrogens is 343 g/mol. The third kappa shape index (κ3) is 3.64. The molecule has 134 valence electrons. The first-order valence-electron chi connectivity index (χ1n) is 8.03. The molecule has 6 nitrogen and oxygen atoms in total. The number of rotatable bonds is 5. The number of nitrogens with one attached hydrogen (secondary N) is 1. The van der Waals surface area contributed by atoms with Crippen molar-refractivity contribution in [1.82, 2.24) is 15.3 Å². The summed E-state index contributed by atoms with van der Waals surface area (Å²) in [6.07, 6.45) is 1.11. The van der Waals surface area contributed by atoms with Crippen LogP contribution in [0.15, 0.2) is 24.3 Å². The van der Waals surface area contributed by atoms with Crippen molar-refractivity contribution < 1.29 is 12.8 Å². The summed E-state index contributed by atoms with van der Waals surface area (Å²) in [7, 11) is -2.06. The van der Waals surface area contributed by atoms with Gasteiger partial charge in [-0.05, 0) is 30.2 Å². The fourth-order valence-corrected chi connectivity index (χ4v) is 3.02. The Balaban J connectivity index is 2.26. The summed E-state index contributed by atoms with van der Waals surface area (Å²) in [5, 5.41) is 3.26. The summed E-state index contributed by atoms with van der Waals surface area (Å²) in [6.45, 7) is 4.83. The number of anilines is 1. The zero-order chi connectivity index (χ0) is 18.4. The number of sulfonamides is 1. The normalized spacial score (nSPS) is 17.0. The van der Waals surface area contributed by atoms with Crippen molar-refractivity contribution in [3.8, 4) is 11.3 Å². The minimum atomic E-state index is -3.49. The molecule has 3 rings (SSSR count). The van der Waals surface area contributed by atoms with E-state index < -0.39 is 10.0 Å². The third-order valence-electron chi connectivity index (χ3n) is 4.16. The first-order valence-corrected chi connectivity index (χ1v) is 9.88. The molecule has 25 heavy (non-hydrogen) atoms. The van der Waals surface area contributed by atoms with Crippen LogP contribution >= 0.6 is 0 Å². The van der Waals surface area contributed by atoms with Gasteiger partial charge in [0.05, 0.1) is 17.6 Å². The molecule has 1 aromatic heterocycles. The fourth-order valence-electron chi connectivity index (χ4n) is 2.64. The molecule has 1 atom stereocenters. The second-order valence-electron chi connectivity index (χ2n) is 6.52. The molecule has 0 aliphatic carbocycles. The number of hydrogen-bond donors (Lipinski definition) is 1. The lowest BCUT2D eigenvalue weighted by molar-refractivity contribution is 0.599. The largest absolute Gasteiger partial charge is 0.307 e. The molecule has 0 radical (unpaired) electrons. The van der Waals surface area contributed by atoms with Crippen molar-refractivity contribution >= 4 is 16.0 Å². The van der Waals surface area contributed by atoms with Crippen LogP contribution in [-0.2, 0) is 10.0 Å². The molecule has 8 heteroatoms. The molecule has 0 saturated carbocycles. The molecule has 0 spiro atoms. The zero-order valence-electron chi connectivity index (χ0n) is 14.6. The van der Waals surface area contributed by atoms with Crippen LogP contribution < -0.4 is 9.62 Å². The van der Waals surface area contributed by atoms with Crippen molar-refractivity contribution in [3.05, 3.63) is 41.3 Å². The molecule has 2 aromatic rings. The molecule has 1 aromatic carbocycles. The smallest absolute Gasteiger partial charge is 0.239 e. The van der Waals surface area contributed by atoms with Crippen molar-refractivity contribution in [3.63, 3.8) is 0 Å². The van der Waals surface area contributed by atoms with Crippen molar-refractivity contribution in [2.24, 2.45) is 0 Å². The highest BCUT2D eigenvalue weighted by Gasteiger charge is 2.32. The van der Waals surface area contributed by atoms with Gasteiger partial charge in [0, 0.05) is 30.8 Å². The standard InChI is InChI=1S/C17H21FN4O2S/c1-10(2)15-14(13-9-19-13)16(11-5-7-12(18)8-6-11)21-17(20-15)22(3)25(4,23)24/h5-8,10,13,19H,9H2,1-4H3. The van der Waals surface area contributed by atoms with Crippen LogP contribution in [0.25, 0.3) is 11.3 Å². The lowest BCUT2D eigenvalue weighted by atomic mass is 9.96. The predicted molar refractivity (Wildman–Crippen MR) is 95.5 cm³/mol. The van der Waals surface area contributed by atoms with Crippen molar-refractivity contribution in [1.29, 1.82) is 0 Å². The highest BCUT2D eigenvalue weighted by atomic mass is 32.2. The molecule has 0 amide bonds. The van der Waals surface area contributed by atoms with Gasteiger partial charge >= 0.3 is 0 Å². The maximum Gasteiger partial charge on any atom is 0.239 e.